The number of carbonyl (C=O) groups is 1. The Morgan fingerprint density at radius 1 is 1.39 bits per heavy atom. The van der Waals surface area contributed by atoms with E-state index in [1.54, 1.807) is 41.5 Å². The van der Waals surface area contributed by atoms with Crippen molar-refractivity contribution in [2.24, 2.45) is 0 Å². The van der Waals surface area contributed by atoms with Gasteiger partial charge in [0.15, 0.2) is 9.84 Å². The van der Waals surface area contributed by atoms with Crippen LogP contribution in [-0.4, -0.2) is 72.3 Å². The molecule has 1 aromatic heterocycles. The molecular weight excluding hydrogens is 384 g/mol. The number of ether oxygens (including phenoxy) is 2. The number of methoxy groups -OCH3 is 1. The van der Waals surface area contributed by atoms with Gasteiger partial charge in [0.05, 0.1) is 44.6 Å². The molecule has 10 heteroatoms. The van der Waals surface area contributed by atoms with Crippen LogP contribution in [0.25, 0.3) is 0 Å². The maximum absolute atomic E-state index is 12.7. The predicted octanol–water partition coefficient (Wildman–Crippen LogP) is 0.992. The van der Waals surface area contributed by atoms with Gasteiger partial charge in [-0.2, -0.15) is 0 Å². The van der Waals surface area contributed by atoms with Crippen molar-refractivity contribution in [1.29, 1.82) is 0 Å². The monoisotopic (exact) mass is 406 g/mol. The molecule has 2 aliphatic heterocycles. The number of amides is 2. The Labute approximate surface area is 163 Å². The molecule has 1 atom stereocenters. The van der Waals surface area contributed by atoms with Crippen LogP contribution in [-0.2, 0) is 21.1 Å². The maximum atomic E-state index is 12.7. The van der Waals surface area contributed by atoms with Crippen LogP contribution >= 0.6 is 0 Å². The Kier molecular flexibility index (Phi) is 4.76. The summed E-state index contributed by atoms with van der Waals surface area (Å²) in [7, 11) is -1.81. The standard InChI is InChI=1S/C18H22N4O5S/c1-26-16-5-3-2-4-15(16)20-17(23)22-10-18(11-22)12-28(24,25)14(9-27-18)8-21-7-6-19-13-21/h2-7,13-14H,8-12H2,1H3,(H,20,23)/t14-/m0/s1. The van der Waals surface area contributed by atoms with Gasteiger partial charge in [-0.05, 0) is 12.1 Å². The minimum atomic E-state index is -3.34. The quantitative estimate of drug-likeness (QED) is 0.812. The predicted molar refractivity (Wildman–Crippen MR) is 102 cm³/mol. The van der Waals surface area contributed by atoms with Crippen molar-refractivity contribution in [1.82, 2.24) is 14.5 Å². The molecule has 2 fully saturated rings. The minimum absolute atomic E-state index is 0.0855. The molecular formula is C18H22N4O5S. The van der Waals surface area contributed by atoms with Crippen LogP contribution in [0.5, 0.6) is 5.75 Å². The Morgan fingerprint density at radius 2 is 2.18 bits per heavy atom. The van der Waals surface area contributed by atoms with Crippen LogP contribution in [0.15, 0.2) is 43.0 Å². The van der Waals surface area contributed by atoms with Gasteiger partial charge in [0.1, 0.15) is 16.6 Å². The van der Waals surface area contributed by atoms with Crippen molar-refractivity contribution >= 4 is 21.6 Å². The SMILES string of the molecule is COc1ccccc1NC(=O)N1CC2(C1)CS(=O)(=O)[C@@H](Cn1ccnc1)CO2. The van der Waals surface area contributed by atoms with Gasteiger partial charge in [-0.1, -0.05) is 12.1 Å². The Balaban J connectivity index is 1.36. The summed E-state index contributed by atoms with van der Waals surface area (Å²) in [5, 5.41) is 2.18. The largest absolute Gasteiger partial charge is 0.495 e. The fraction of sp³-hybridized carbons (Fsp3) is 0.444. The number of likely N-dealkylation sites (tertiary alicyclic amines) is 1. The molecule has 2 saturated heterocycles. The highest BCUT2D eigenvalue weighted by Gasteiger charge is 2.53. The number of nitrogens with one attached hydrogen (secondary N) is 1. The molecule has 0 unspecified atom stereocenters. The average molecular weight is 406 g/mol. The number of urea groups is 1. The molecule has 3 heterocycles. The van der Waals surface area contributed by atoms with E-state index in [0.29, 0.717) is 18.0 Å². The van der Waals surface area contributed by atoms with Gasteiger partial charge in [0.2, 0.25) is 0 Å². The van der Waals surface area contributed by atoms with E-state index in [9.17, 15) is 13.2 Å². The van der Waals surface area contributed by atoms with Crippen LogP contribution in [0, 0.1) is 0 Å². The number of benzene rings is 1. The third-order valence-electron chi connectivity index (χ3n) is 5.11. The van der Waals surface area contributed by atoms with Gasteiger partial charge in [0.25, 0.3) is 0 Å². The number of hydrogen-bond donors (Lipinski definition) is 1. The van der Waals surface area contributed by atoms with Crippen molar-refractivity contribution in [3.05, 3.63) is 43.0 Å². The van der Waals surface area contributed by atoms with E-state index in [1.807, 2.05) is 6.07 Å². The Morgan fingerprint density at radius 3 is 2.86 bits per heavy atom. The molecule has 0 saturated carbocycles. The summed E-state index contributed by atoms with van der Waals surface area (Å²) in [5.74, 6) is 0.475. The van der Waals surface area contributed by atoms with Crippen molar-refractivity contribution in [3.8, 4) is 5.75 Å². The zero-order valence-corrected chi connectivity index (χ0v) is 16.3. The van der Waals surface area contributed by atoms with Crippen molar-refractivity contribution in [3.63, 3.8) is 0 Å². The van der Waals surface area contributed by atoms with E-state index in [4.69, 9.17) is 9.47 Å². The first-order chi connectivity index (χ1) is 13.4. The minimum Gasteiger partial charge on any atom is -0.495 e. The fourth-order valence-electron chi connectivity index (χ4n) is 3.61. The lowest BCUT2D eigenvalue weighted by Gasteiger charge is -2.51. The number of aromatic nitrogens is 2. The molecule has 1 spiro atoms. The van der Waals surface area contributed by atoms with Gasteiger partial charge >= 0.3 is 6.03 Å². The van der Waals surface area contributed by atoms with E-state index in [0.717, 1.165) is 0 Å². The van der Waals surface area contributed by atoms with Crippen LogP contribution in [0.1, 0.15) is 0 Å². The highest BCUT2D eigenvalue weighted by Crippen LogP contribution is 2.34. The van der Waals surface area contributed by atoms with Crippen LogP contribution in [0.2, 0.25) is 0 Å². The molecule has 150 valence electrons. The lowest BCUT2D eigenvalue weighted by molar-refractivity contribution is -0.117. The second-order valence-electron chi connectivity index (χ2n) is 7.17. The summed E-state index contributed by atoms with van der Waals surface area (Å²) in [4.78, 5) is 17.9. The molecule has 0 aliphatic carbocycles. The first-order valence-corrected chi connectivity index (χ1v) is 10.6. The summed E-state index contributed by atoms with van der Waals surface area (Å²) in [6, 6.07) is 6.80. The number of hydrogen-bond acceptors (Lipinski definition) is 6. The van der Waals surface area contributed by atoms with Gasteiger partial charge in [-0.3, -0.25) is 0 Å². The topological polar surface area (TPSA) is 103 Å². The van der Waals surface area contributed by atoms with Gasteiger partial charge < -0.3 is 24.3 Å². The molecule has 2 aliphatic rings. The van der Waals surface area contributed by atoms with E-state index in [2.05, 4.69) is 10.3 Å². The molecule has 2 amide bonds. The summed E-state index contributed by atoms with van der Waals surface area (Å²) in [6.07, 6.45) is 4.93. The number of anilines is 1. The van der Waals surface area contributed by atoms with Crippen LogP contribution in [0.4, 0.5) is 10.5 Å². The zero-order valence-electron chi connectivity index (χ0n) is 15.4. The fourth-order valence-corrected chi connectivity index (χ4v) is 5.52. The normalized spacial score (nSPS) is 22.5. The van der Waals surface area contributed by atoms with Gasteiger partial charge in [-0.25, -0.2) is 18.2 Å². The summed E-state index contributed by atoms with van der Waals surface area (Å²) in [6.45, 7) is 0.912. The second-order valence-corrected chi connectivity index (χ2v) is 9.45. The molecule has 1 aromatic carbocycles. The maximum Gasteiger partial charge on any atom is 0.322 e. The molecule has 0 radical (unpaired) electrons. The molecule has 4 rings (SSSR count). The van der Waals surface area contributed by atoms with Gasteiger partial charge in [0, 0.05) is 18.9 Å². The number of para-hydroxylation sites is 2. The number of sulfone groups is 1. The molecule has 1 N–H and O–H groups in total. The van der Waals surface area contributed by atoms with Crippen molar-refractivity contribution in [2.45, 2.75) is 17.4 Å². The third-order valence-corrected chi connectivity index (χ3v) is 7.34. The first kappa shape index (κ1) is 18.8. The highest BCUT2D eigenvalue weighted by atomic mass is 32.2. The number of imidazole rings is 1. The molecule has 0 bridgehead atoms. The van der Waals surface area contributed by atoms with Crippen molar-refractivity contribution < 1.29 is 22.7 Å². The second kappa shape index (κ2) is 7.10. The summed E-state index contributed by atoms with van der Waals surface area (Å²) in [5.41, 5.74) is -0.254. The van der Waals surface area contributed by atoms with E-state index >= 15 is 0 Å². The van der Waals surface area contributed by atoms with Gasteiger partial charge in [-0.15, -0.1) is 0 Å². The molecule has 9 nitrogen and oxygen atoms in total. The lowest BCUT2D eigenvalue weighted by Crippen LogP contribution is -2.71. The van der Waals surface area contributed by atoms with Crippen LogP contribution in [0.3, 0.4) is 0 Å². The zero-order chi connectivity index (χ0) is 19.8. The highest BCUT2D eigenvalue weighted by molar-refractivity contribution is 7.92. The summed E-state index contributed by atoms with van der Waals surface area (Å²) < 4.78 is 38.3. The molecule has 2 aromatic rings. The average Bonchev–Trinajstić information content (AvgIpc) is 3.15. The van der Waals surface area contributed by atoms with E-state index < -0.39 is 20.7 Å². The van der Waals surface area contributed by atoms with Crippen molar-refractivity contribution in [2.75, 3.05) is 37.9 Å². The number of nitrogens with zero attached hydrogens (tertiary/aromatic N) is 3. The van der Waals surface area contributed by atoms with Crippen LogP contribution < -0.4 is 10.1 Å². The van der Waals surface area contributed by atoms with E-state index in [-0.39, 0.29) is 31.5 Å². The lowest BCUT2D eigenvalue weighted by atomic mass is 9.96. The number of carbonyl (C=O) groups excluding carboxylic acids is 1. The third kappa shape index (κ3) is 3.57. The smallest absolute Gasteiger partial charge is 0.322 e. The molecule has 28 heavy (non-hydrogen) atoms. The first-order valence-electron chi connectivity index (χ1n) is 8.91. The number of rotatable bonds is 4. The Bertz CT molecular complexity index is 954. The Hall–Kier alpha value is -2.59. The van der Waals surface area contributed by atoms with E-state index in [1.165, 1.54) is 12.0 Å². The summed E-state index contributed by atoms with van der Waals surface area (Å²) >= 11 is 0.